The number of nitrogens with zero attached hydrogens (tertiary/aromatic N) is 3. The fourth-order valence-electron chi connectivity index (χ4n) is 1.67. The Kier molecular flexibility index (Phi) is 4.72. The molecule has 0 radical (unpaired) electrons. The van der Waals surface area contributed by atoms with Crippen molar-refractivity contribution in [1.82, 2.24) is 9.97 Å². The Morgan fingerprint density at radius 2 is 2.05 bits per heavy atom. The summed E-state index contributed by atoms with van der Waals surface area (Å²) in [5.41, 5.74) is 0.993. The molecule has 0 fully saturated rings. The average molecular weight is 381 g/mol. The zero-order valence-corrected chi connectivity index (χ0v) is 13.6. The molecule has 9 heteroatoms. The van der Waals surface area contributed by atoms with Crippen LogP contribution in [-0.2, 0) is 12.7 Å². The van der Waals surface area contributed by atoms with E-state index in [1.54, 1.807) is 11.9 Å². The van der Waals surface area contributed by atoms with Gasteiger partial charge < -0.3 is 10.2 Å². The lowest BCUT2D eigenvalue weighted by Crippen LogP contribution is -2.21. The number of nitrogens with one attached hydrogen (secondary N) is 1. The molecule has 0 aliphatic carbocycles. The summed E-state index contributed by atoms with van der Waals surface area (Å²) in [4.78, 5) is 8.68. The van der Waals surface area contributed by atoms with Gasteiger partial charge in [-0.05, 0) is 32.9 Å². The summed E-state index contributed by atoms with van der Waals surface area (Å²) in [5, 5.41) is 4.56. The maximum Gasteiger partial charge on any atom is 0.451 e. The minimum atomic E-state index is -4.58. The maximum atomic E-state index is 12.8. The first kappa shape index (κ1) is 16.0. The molecule has 0 saturated heterocycles. The first-order valence-corrected chi connectivity index (χ1v) is 7.55. The van der Waals surface area contributed by atoms with E-state index in [0.717, 1.165) is 9.35 Å². The van der Waals surface area contributed by atoms with Crippen molar-refractivity contribution in [3.63, 3.8) is 0 Å². The lowest BCUT2D eigenvalue weighted by atomic mass is 10.3. The number of halogens is 4. The van der Waals surface area contributed by atoms with Gasteiger partial charge in [0.25, 0.3) is 0 Å². The van der Waals surface area contributed by atoms with Crippen LogP contribution in [0.25, 0.3) is 0 Å². The van der Waals surface area contributed by atoms with Crippen LogP contribution in [0.1, 0.15) is 11.4 Å². The molecule has 0 atom stereocenters. The van der Waals surface area contributed by atoms with Crippen LogP contribution in [0, 0.1) is 0 Å². The molecule has 2 rings (SSSR count). The predicted molar refractivity (Wildman–Crippen MR) is 80.7 cm³/mol. The van der Waals surface area contributed by atoms with Crippen LogP contribution < -0.4 is 10.2 Å². The summed E-state index contributed by atoms with van der Waals surface area (Å²) < 4.78 is 39.4. The molecule has 4 nitrogen and oxygen atoms in total. The molecule has 2 aromatic rings. The van der Waals surface area contributed by atoms with Gasteiger partial charge in [0.05, 0.1) is 3.79 Å². The van der Waals surface area contributed by atoms with Crippen LogP contribution in [-0.4, -0.2) is 24.1 Å². The van der Waals surface area contributed by atoms with E-state index < -0.39 is 12.0 Å². The lowest BCUT2D eigenvalue weighted by Gasteiger charge is -2.19. The standard InChI is InChI=1S/C12H12BrF3N4S/c1-17-9-4-10(19-11(18-9)12(14,15)16)20(2)5-7-3-8(13)21-6-7/h3-4,6H,5H2,1-2H3,(H,17,18,19). The molecule has 2 aromatic heterocycles. The van der Waals surface area contributed by atoms with Gasteiger partial charge in [0.1, 0.15) is 11.6 Å². The van der Waals surface area contributed by atoms with E-state index in [0.29, 0.717) is 6.54 Å². The van der Waals surface area contributed by atoms with Gasteiger partial charge in [-0.3, -0.25) is 0 Å². The molecule has 2 heterocycles. The van der Waals surface area contributed by atoms with E-state index in [9.17, 15) is 13.2 Å². The topological polar surface area (TPSA) is 41.0 Å². The van der Waals surface area contributed by atoms with Gasteiger partial charge in [-0.15, -0.1) is 11.3 Å². The third kappa shape index (κ3) is 4.07. The molecule has 1 N–H and O–H groups in total. The summed E-state index contributed by atoms with van der Waals surface area (Å²) >= 11 is 4.88. The van der Waals surface area contributed by atoms with Crippen molar-refractivity contribution in [2.24, 2.45) is 0 Å². The smallest absolute Gasteiger partial charge is 0.373 e. The Labute approximate surface area is 132 Å². The van der Waals surface area contributed by atoms with Crippen LogP contribution >= 0.6 is 27.3 Å². The van der Waals surface area contributed by atoms with E-state index in [1.807, 2.05) is 11.4 Å². The molecule has 0 aromatic carbocycles. The number of rotatable bonds is 4. The number of anilines is 2. The Morgan fingerprint density at radius 3 is 2.57 bits per heavy atom. The quantitative estimate of drug-likeness (QED) is 0.870. The number of aromatic nitrogens is 2. The number of hydrogen-bond acceptors (Lipinski definition) is 5. The van der Waals surface area contributed by atoms with Crippen LogP contribution in [0.3, 0.4) is 0 Å². The molecule has 0 bridgehead atoms. The Morgan fingerprint density at radius 1 is 1.33 bits per heavy atom. The highest BCUT2D eigenvalue weighted by Gasteiger charge is 2.35. The molecule has 0 aliphatic rings. The third-order valence-corrected chi connectivity index (χ3v) is 4.21. The zero-order chi connectivity index (χ0) is 15.6. The third-order valence-electron chi connectivity index (χ3n) is 2.65. The molecule has 0 spiro atoms. The first-order chi connectivity index (χ1) is 9.79. The lowest BCUT2D eigenvalue weighted by molar-refractivity contribution is -0.144. The van der Waals surface area contributed by atoms with Crippen molar-refractivity contribution in [3.05, 3.63) is 32.7 Å². The SMILES string of the molecule is CNc1cc(N(C)Cc2csc(Br)c2)nc(C(F)(F)F)n1. The highest BCUT2D eigenvalue weighted by Crippen LogP contribution is 2.29. The van der Waals surface area contributed by atoms with Crippen LogP contribution in [0.5, 0.6) is 0 Å². The van der Waals surface area contributed by atoms with Crippen molar-refractivity contribution in [2.45, 2.75) is 12.7 Å². The molecular weight excluding hydrogens is 369 g/mol. The Balaban J connectivity index is 2.29. The Hall–Kier alpha value is -1.35. The summed E-state index contributed by atoms with van der Waals surface area (Å²) in [6.45, 7) is 0.458. The largest absolute Gasteiger partial charge is 0.451 e. The molecule has 0 unspecified atom stereocenters. The second-order valence-corrected chi connectivity index (χ2v) is 6.59. The second-order valence-electron chi connectivity index (χ2n) is 4.30. The normalized spacial score (nSPS) is 11.5. The highest BCUT2D eigenvalue weighted by molar-refractivity contribution is 9.11. The molecular formula is C12H12BrF3N4S. The van der Waals surface area contributed by atoms with E-state index in [4.69, 9.17) is 0 Å². The van der Waals surface area contributed by atoms with E-state index in [2.05, 4.69) is 31.2 Å². The number of hydrogen-bond donors (Lipinski definition) is 1. The highest BCUT2D eigenvalue weighted by atomic mass is 79.9. The molecule has 114 valence electrons. The summed E-state index contributed by atoms with van der Waals surface area (Å²) in [6.07, 6.45) is -4.58. The molecule has 21 heavy (non-hydrogen) atoms. The van der Waals surface area contributed by atoms with E-state index in [1.165, 1.54) is 24.5 Å². The monoisotopic (exact) mass is 380 g/mol. The van der Waals surface area contributed by atoms with Crippen molar-refractivity contribution >= 4 is 38.9 Å². The second kappa shape index (κ2) is 6.18. The van der Waals surface area contributed by atoms with Gasteiger partial charge in [-0.2, -0.15) is 13.2 Å². The van der Waals surface area contributed by atoms with Crippen LogP contribution in [0.4, 0.5) is 24.8 Å². The summed E-state index contributed by atoms with van der Waals surface area (Å²) in [5.74, 6) is -0.808. The molecule has 0 aliphatic heterocycles. The Bertz CT molecular complexity index is 629. The van der Waals surface area contributed by atoms with Gasteiger partial charge >= 0.3 is 6.18 Å². The van der Waals surface area contributed by atoms with E-state index >= 15 is 0 Å². The first-order valence-electron chi connectivity index (χ1n) is 5.87. The van der Waals surface area contributed by atoms with Gasteiger partial charge in [0, 0.05) is 26.7 Å². The van der Waals surface area contributed by atoms with Gasteiger partial charge in [0.2, 0.25) is 5.82 Å². The maximum absolute atomic E-state index is 12.8. The van der Waals surface area contributed by atoms with Gasteiger partial charge in [-0.1, -0.05) is 0 Å². The van der Waals surface area contributed by atoms with Crippen molar-refractivity contribution < 1.29 is 13.2 Å². The van der Waals surface area contributed by atoms with Gasteiger partial charge in [0.15, 0.2) is 0 Å². The van der Waals surface area contributed by atoms with Crippen molar-refractivity contribution in [1.29, 1.82) is 0 Å². The fourth-order valence-corrected chi connectivity index (χ4v) is 2.87. The number of alkyl halides is 3. The zero-order valence-electron chi connectivity index (χ0n) is 11.2. The van der Waals surface area contributed by atoms with Crippen molar-refractivity contribution in [2.75, 3.05) is 24.3 Å². The van der Waals surface area contributed by atoms with Crippen molar-refractivity contribution in [3.8, 4) is 0 Å². The fraction of sp³-hybridized carbons (Fsp3) is 0.333. The number of thiophene rings is 1. The molecule has 0 saturated carbocycles. The average Bonchev–Trinajstić information content (AvgIpc) is 2.82. The van der Waals surface area contributed by atoms with E-state index in [-0.39, 0.29) is 11.6 Å². The summed E-state index contributed by atoms with van der Waals surface area (Å²) in [7, 11) is 3.20. The van der Waals surface area contributed by atoms with Crippen LogP contribution in [0.15, 0.2) is 21.3 Å². The predicted octanol–water partition coefficient (Wildman–Crippen LogP) is 4.00. The minimum absolute atomic E-state index is 0.130. The summed E-state index contributed by atoms with van der Waals surface area (Å²) in [6, 6.07) is 3.41. The minimum Gasteiger partial charge on any atom is -0.373 e. The van der Waals surface area contributed by atoms with Gasteiger partial charge in [-0.25, -0.2) is 9.97 Å². The van der Waals surface area contributed by atoms with Crippen LogP contribution in [0.2, 0.25) is 0 Å². The molecule has 0 amide bonds.